The van der Waals surface area contributed by atoms with E-state index in [4.69, 9.17) is 23.6 Å². The number of morpholine rings is 1. The van der Waals surface area contributed by atoms with E-state index in [0.717, 1.165) is 67.7 Å². The Bertz CT molecular complexity index is 1260. The highest BCUT2D eigenvalue weighted by Crippen LogP contribution is 2.35. The zero-order valence-corrected chi connectivity index (χ0v) is 21.5. The number of aromatic nitrogens is 2. The molecular weight excluding hydrogens is 470 g/mol. The van der Waals surface area contributed by atoms with Gasteiger partial charge in [0.2, 0.25) is 5.89 Å². The van der Waals surface area contributed by atoms with Crippen molar-refractivity contribution < 1.29 is 23.4 Å². The van der Waals surface area contributed by atoms with E-state index in [9.17, 15) is 4.79 Å². The number of methoxy groups -OCH3 is 1. The topological polar surface area (TPSA) is 86.9 Å². The fraction of sp³-hybridized carbons (Fsp3) is 0.414. The Balaban J connectivity index is 1.21. The van der Waals surface area contributed by atoms with Crippen molar-refractivity contribution in [3.63, 3.8) is 0 Å². The van der Waals surface area contributed by atoms with Crippen molar-refractivity contribution in [2.45, 2.75) is 39.0 Å². The number of carbonyl (C=O) groups is 1. The van der Waals surface area contributed by atoms with Crippen molar-refractivity contribution in [1.82, 2.24) is 9.97 Å². The molecule has 194 valence electrons. The Labute approximate surface area is 217 Å². The number of ether oxygens (including phenoxy) is 3. The van der Waals surface area contributed by atoms with Crippen LogP contribution >= 0.6 is 0 Å². The highest BCUT2D eigenvalue weighted by molar-refractivity contribution is 5.77. The molecule has 0 N–H and O–H groups in total. The summed E-state index contributed by atoms with van der Waals surface area (Å²) in [7, 11) is 1.43. The van der Waals surface area contributed by atoms with E-state index in [-0.39, 0.29) is 5.97 Å². The van der Waals surface area contributed by atoms with E-state index < -0.39 is 0 Å². The Morgan fingerprint density at radius 3 is 2.78 bits per heavy atom. The average molecular weight is 504 g/mol. The molecule has 1 saturated heterocycles. The fourth-order valence-corrected chi connectivity index (χ4v) is 4.87. The van der Waals surface area contributed by atoms with Gasteiger partial charge in [0, 0.05) is 37.7 Å². The predicted molar refractivity (Wildman–Crippen MR) is 141 cm³/mol. The second-order valence-corrected chi connectivity index (χ2v) is 9.25. The summed E-state index contributed by atoms with van der Waals surface area (Å²) in [6.07, 6.45) is 7.60. The first kappa shape index (κ1) is 25.0. The lowest BCUT2D eigenvalue weighted by atomic mass is 9.88. The number of oxazole rings is 1. The molecule has 2 aromatic heterocycles. The van der Waals surface area contributed by atoms with Gasteiger partial charge in [0.05, 0.1) is 38.2 Å². The van der Waals surface area contributed by atoms with Gasteiger partial charge in [0.1, 0.15) is 17.3 Å². The lowest BCUT2D eigenvalue weighted by Gasteiger charge is -2.27. The largest absolute Gasteiger partial charge is 0.493 e. The first-order valence-corrected chi connectivity index (χ1v) is 12.9. The van der Waals surface area contributed by atoms with Crippen LogP contribution in [0.4, 0.5) is 5.82 Å². The number of anilines is 1. The summed E-state index contributed by atoms with van der Waals surface area (Å²) >= 11 is 0. The summed E-state index contributed by atoms with van der Waals surface area (Å²) in [4.78, 5) is 23.2. The second kappa shape index (κ2) is 11.6. The average Bonchev–Trinajstić information content (AvgIpc) is 3.32. The predicted octanol–water partition coefficient (Wildman–Crippen LogP) is 4.79. The minimum absolute atomic E-state index is 0.188. The number of hydrogen-bond donors (Lipinski definition) is 0. The minimum atomic E-state index is -0.188. The Kier molecular flexibility index (Phi) is 7.84. The molecule has 1 aromatic carbocycles. The quantitative estimate of drug-likeness (QED) is 0.386. The van der Waals surface area contributed by atoms with Crippen molar-refractivity contribution in [1.29, 1.82) is 0 Å². The van der Waals surface area contributed by atoms with E-state index >= 15 is 0 Å². The third kappa shape index (κ3) is 5.85. The Morgan fingerprint density at radius 1 is 1.14 bits per heavy atom. The van der Waals surface area contributed by atoms with Crippen LogP contribution < -0.4 is 9.64 Å². The van der Waals surface area contributed by atoms with Crippen molar-refractivity contribution in [3.8, 4) is 17.2 Å². The lowest BCUT2D eigenvalue weighted by molar-refractivity contribution is -0.140. The van der Waals surface area contributed by atoms with Crippen LogP contribution in [-0.4, -0.2) is 56.0 Å². The first-order chi connectivity index (χ1) is 18.1. The second-order valence-electron chi connectivity index (χ2n) is 9.25. The molecule has 0 bridgehead atoms. The van der Waals surface area contributed by atoms with Crippen LogP contribution in [0.15, 0.2) is 47.0 Å². The summed E-state index contributed by atoms with van der Waals surface area (Å²) in [6.45, 7) is 5.59. The molecule has 3 aromatic rings. The van der Waals surface area contributed by atoms with Gasteiger partial charge in [0.25, 0.3) is 0 Å². The molecule has 1 aliphatic carbocycles. The van der Waals surface area contributed by atoms with Gasteiger partial charge in [-0.2, -0.15) is 0 Å². The number of benzene rings is 1. The van der Waals surface area contributed by atoms with Crippen molar-refractivity contribution in [3.05, 3.63) is 65.2 Å². The molecule has 0 amide bonds. The van der Waals surface area contributed by atoms with Gasteiger partial charge in [-0.05, 0) is 55.5 Å². The Morgan fingerprint density at radius 2 is 2.00 bits per heavy atom. The molecule has 0 spiro atoms. The summed E-state index contributed by atoms with van der Waals surface area (Å²) < 4.78 is 22.4. The number of carbonyl (C=O) groups excluding carboxylic acids is 1. The maximum atomic E-state index is 11.6. The van der Waals surface area contributed by atoms with Gasteiger partial charge in [-0.3, -0.25) is 4.79 Å². The Hall–Kier alpha value is -3.65. The highest BCUT2D eigenvalue weighted by atomic mass is 16.5. The molecule has 37 heavy (non-hydrogen) atoms. The molecule has 0 unspecified atom stereocenters. The number of pyridine rings is 1. The smallest absolute Gasteiger partial charge is 0.305 e. The molecule has 8 heteroatoms. The number of rotatable bonds is 9. The maximum absolute atomic E-state index is 11.6. The molecular formula is C29H33N3O5. The van der Waals surface area contributed by atoms with Gasteiger partial charge in [-0.25, -0.2) is 9.97 Å². The molecule has 0 atom stereocenters. The monoisotopic (exact) mass is 503 g/mol. The third-order valence-electron chi connectivity index (χ3n) is 6.91. The standard InChI is InChI=1S/C29H33N3O5/c1-20-25(31-29(37-20)22-9-11-27(30-19-22)32-14-17-35-18-15-32)13-16-36-26-8-4-6-23-21(5-3-7-24(23)26)10-12-28(33)34-2/h4-6,8-9,11,19H,3,7,10,12-18H2,1-2H3. The molecule has 3 heterocycles. The summed E-state index contributed by atoms with van der Waals surface area (Å²) in [6, 6.07) is 10.2. The zero-order chi connectivity index (χ0) is 25.6. The third-order valence-corrected chi connectivity index (χ3v) is 6.91. The molecule has 0 radical (unpaired) electrons. The van der Waals surface area contributed by atoms with Gasteiger partial charge in [-0.1, -0.05) is 18.2 Å². The number of fused-ring (bicyclic) bond motifs is 1. The fourth-order valence-electron chi connectivity index (χ4n) is 4.87. The van der Waals surface area contributed by atoms with Gasteiger partial charge < -0.3 is 23.5 Å². The van der Waals surface area contributed by atoms with Crippen molar-refractivity contribution in [2.24, 2.45) is 0 Å². The number of esters is 1. The lowest BCUT2D eigenvalue weighted by Crippen LogP contribution is -2.36. The molecule has 5 rings (SSSR count). The normalized spacial score (nSPS) is 15.2. The van der Waals surface area contributed by atoms with E-state index in [0.29, 0.717) is 31.8 Å². The van der Waals surface area contributed by atoms with Crippen LogP contribution in [0, 0.1) is 6.92 Å². The van der Waals surface area contributed by atoms with Crippen LogP contribution in [0.1, 0.15) is 41.8 Å². The van der Waals surface area contributed by atoms with Crippen LogP contribution in [0.5, 0.6) is 5.75 Å². The first-order valence-electron chi connectivity index (χ1n) is 12.9. The number of allylic oxidation sites excluding steroid dienone is 2. The zero-order valence-electron chi connectivity index (χ0n) is 21.5. The van der Waals surface area contributed by atoms with E-state index in [1.807, 2.05) is 37.4 Å². The summed E-state index contributed by atoms with van der Waals surface area (Å²) in [5, 5.41) is 0. The van der Waals surface area contributed by atoms with E-state index in [2.05, 4.69) is 22.0 Å². The number of aryl methyl sites for hydroxylation is 1. The molecule has 2 aliphatic rings. The van der Waals surface area contributed by atoms with Gasteiger partial charge >= 0.3 is 5.97 Å². The summed E-state index contributed by atoms with van der Waals surface area (Å²) in [5.74, 6) is 3.01. The summed E-state index contributed by atoms with van der Waals surface area (Å²) in [5.41, 5.74) is 5.29. The van der Waals surface area contributed by atoms with E-state index in [1.54, 1.807) is 0 Å². The molecule has 0 saturated carbocycles. The molecule has 8 nitrogen and oxygen atoms in total. The van der Waals surface area contributed by atoms with Crippen LogP contribution in [-0.2, 0) is 27.1 Å². The highest BCUT2D eigenvalue weighted by Gasteiger charge is 2.19. The van der Waals surface area contributed by atoms with Crippen LogP contribution in [0.25, 0.3) is 17.0 Å². The minimum Gasteiger partial charge on any atom is -0.493 e. The number of nitrogens with zero attached hydrogens (tertiary/aromatic N) is 3. The van der Waals surface area contributed by atoms with Gasteiger partial charge in [0.15, 0.2) is 0 Å². The van der Waals surface area contributed by atoms with Crippen LogP contribution in [0.2, 0.25) is 0 Å². The molecule has 1 fully saturated rings. The van der Waals surface area contributed by atoms with Crippen molar-refractivity contribution >= 4 is 17.4 Å². The van der Waals surface area contributed by atoms with Crippen molar-refractivity contribution in [2.75, 3.05) is 44.9 Å². The van der Waals surface area contributed by atoms with Gasteiger partial charge in [-0.15, -0.1) is 0 Å². The maximum Gasteiger partial charge on any atom is 0.305 e. The van der Waals surface area contributed by atoms with E-state index in [1.165, 1.54) is 23.8 Å². The molecule has 1 aliphatic heterocycles. The SMILES string of the molecule is COC(=O)CCC1=CCCc2c(OCCc3nc(-c4ccc(N5CCOCC5)nc4)oc3C)cccc21. The number of hydrogen-bond acceptors (Lipinski definition) is 8. The van der Waals surface area contributed by atoms with Crippen LogP contribution in [0.3, 0.4) is 0 Å².